The van der Waals surface area contributed by atoms with E-state index in [9.17, 15) is 9.59 Å². The number of carbonyl (C=O) groups excluding carboxylic acids is 1. The summed E-state index contributed by atoms with van der Waals surface area (Å²) < 4.78 is 4.76. The molecule has 0 radical (unpaired) electrons. The van der Waals surface area contributed by atoms with Crippen molar-refractivity contribution >= 4 is 11.9 Å². The highest BCUT2D eigenvalue weighted by Gasteiger charge is 2.31. The minimum atomic E-state index is -1.12. The van der Waals surface area contributed by atoms with E-state index in [1.807, 2.05) is 30.3 Å². The first-order chi connectivity index (χ1) is 9.06. The Hall–Kier alpha value is -1.88. The number of aliphatic carboxylic acids is 1. The molecule has 1 aromatic rings. The van der Waals surface area contributed by atoms with Crippen LogP contribution in [-0.4, -0.2) is 29.7 Å². The number of benzene rings is 1. The number of rotatable bonds is 7. The Morgan fingerprint density at radius 3 is 2.47 bits per heavy atom. The molecule has 0 aliphatic rings. The number of carboxylic acid groups (broad SMARTS) is 1. The van der Waals surface area contributed by atoms with Gasteiger partial charge in [-0.1, -0.05) is 30.3 Å². The lowest BCUT2D eigenvalue weighted by Crippen LogP contribution is -2.43. The number of hydrogen-bond donors (Lipinski definition) is 2. The van der Waals surface area contributed by atoms with Gasteiger partial charge in [-0.25, -0.2) is 0 Å². The third-order valence-corrected chi connectivity index (χ3v) is 2.90. The summed E-state index contributed by atoms with van der Waals surface area (Å²) in [6.07, 6.45) is 0.865. The van der Waals surface area contributed by atoms with Crippen molar-refractivity contribution in [3.05, 3.63) is 35.9 Å². The largest absolute Gasteiger partial charge is 0.481 e. The number of carboxylic acids is 1. The van der Waals surface area contributed by atoms with E-state index in [1.54, 1.807) is 6.92 Å². The summed E-state index contributed by atoms with van der Waals surface area (Å²) in [5, 5.41) is 9.15. The van der Waals surface area contributed by atoms with Crippen LogP contribution >= 0.6 is 0 Å². The molecule has 0 saturated heterocycles. The van der Waals surface area contributed by atoms with Crippen LogP contribution in [0.15, 0.2) is 30.3 Å². The van der Waals surface area contributed by atoms with E-state index in [0.29, 0.717) is 12.8 Å². The van der Waals surface area contributed by atoms with E-state index in [0.717, 1.165) is 5.56 Å². The van der Waals surface area contributed by atoms with Crippen molar-refractivity contribution in [1.29, 1.82) is 0 Å². The van der Waals surface area contributed by atoms with E-state index >= 15 is 0 Å². The van der Waals surface area contributed by atoms with Gasteiger partial charge in [-0.05, 0) is 25.3 Å². The number of ether oxygens (including phenoxy) is 1. The third kappa shape index (κ3) is 4.71. The second kappa shape index (κ2) is 7.53. The molecule has 0 aliphatic heterocycles. The molecule has 104 valence electrons. The molecule has 5 heteroatoms. The molecule has 0 spiro atoms. The quantitative estimate of drug-likeness (QED) is 0.723. The Balaban J connectivity index is 2.63. The van der Waals surface area contributed by atoms with E-state index < -0.39 is 23.9 Å². The molecular formula is C14H19NO4. The number of hydrogen-bond acceptors (Lipinski definition) is 4. The van der Waals surface area contributed by atoms with Gasteiger partial charge in [0.05, 0.1) is 12.5 Å². The van der Waals surface area contributed by atoms with E-state index in [-0.39, 0.29) is 6.61 Å². The third-order valence-electron chi connectivity index (χ3n) is 2.90. The molecule has 1 rings (SSSR count). The van der Waals surface area contributed by atoms with Crippen LogP contribution in [0, 0.1) is 5.92 Å². The van der Waals surface area contributed by atoms with Crippen molar-refractivity contribution in [2.45, 2.75) is 25.8 Å². The van der Waals surface area contributed by atoms with Gasteiger partial charge in [0.25, 0.3) is 0 Å². The predicted molar refractivity (Wildman–Crippen MR) is 70.5 cm³/mol. The molecule has 0 bridgehead atoms. The SMILES string of the molecule is CCOC(=O)[C@H](N)[C@H](CCc1ccccc1)C(=O)O. The zero-order valence-electron chi connectivity index (χ0n) is 10.9. The maximum atomic E-state index is 11.5. The van der Waals surface area contributed by atoms with Crippen LogP contribution in [0.3, 0.4) is 0 Å². The van der Waals surface area contributed by atoms with Crippen molar-refractivity contribution < 1.29 is 19.4 Å². The van der Waals surface area contributed by atoms with Gasteiger partial charge in [0.15, 0.2) is 0 Å². The summed E-state index contributed by atoms with van der Waals surface area (Å²) in [5.41, 5.74) is 6.68. The Bertz CT molecular complexity index is 419. The van der Waals surface area contributed by atoms with Gasteiger partial charge in [-0.15, -0.1) is 0 Å². The number of aryl methyl sites for hydroxylation is 1. The summed E-state index contributed by atoms with van der Waals surface area (Å²) in [7, 11) is 0. The Morgan fingerprint density at radius 1 is 1.32 bits per heavy atom. The maximum absolute atomic E-state index is 11.5. The van der Waals surface area contributed by atoms with Crippen LogP contribution < -0.4 is 5.73 Å². The maximum Gasteiger partial charge on any atom is 0.323 e. The summed E-state index contributed by atoms with van der Waals surface area (Å²) >= 11 is 0. The van der Waals surface area contributed by atoms with Crippen LogP contribution in [0.1, 0.15) is 18.9 Å². The summed E-state index contributed by atoms with van der Waals surface area (Å²) in [6.45, 7) is 1.85. The van der Waals surface area contributed by atoms with E-state index in [4.69, 9.17) is 15.6 Å². The van der Waals surface area contributed by atoms with Gasteiger partial charge in [-0.2, -0.15) is 0 Å². The molecule has 0 fully saturated rings. The standard InChI is InChI=1S/C14H19NO4/c1-2-19-14(18)12(15)11(13(16)17)9-8-10-6-4-3-5-7-10/h3-7,11-12H,2,8-9,15H2,1H3,(H,16,17)/t11-,12+/m0/s1. The second-order valence-electron chi connectivity index (χ2n) is 4.25. The first-order valence-corrected chi connectivity index (χ1v) is 6.25. The van der Waals surface area contributed by atoms with Gasteiger partial charge in [0.2, 0.25) is 0 Å². The monoisotopic (exact) mass is 265 g/mol. The van der Waals surface area contributed by atoms with Gasteiger partial charge in [0.1, 0.15) is 6.04 Å². The van der Waals surface area contributed by atoms with Crippen LogP contribution in [0.25, 0.3) is 0 Å². The molecule has 0 unspecified atom stereocenters. The smallest absolute Gasteiger partial charge is 0.323 e. The fourth-order valence-corrected chi connectivity index (χ4v) is 1.83. The Kier molecular flexibility index (Phi) is 6.02. The average Bonchev–Trinajstić information content (AvgIpc) is 2.39. The zero-order valence-corrected chi connectivity index (χ0v) is 10.9. The zero-order chi connectivity index (χ0) is 14.3. The highest BCUT2D eigenvalue weighted by atomic mass is 16.5. The average molecular weight is 265 g/mol. The number of esters is 1. The lowest BCUT2D eigenvalue weighted by molar-refractivity contribution is -0.153. The lowest BCUT2D eigenvalue weighted by atomic mass is 9.93. The van der Waals surface area contributed by atoms with Gasteiger partial charge in [-0.3, -0.25) is 9.59 Å². The minimum absolute atomic E-state index is 0.192. The summed E-state index contributed by atoms with van der Waals surface area (Å²) in [6, 6.07) is 8.36. The molecule has 1 aromatic carbocycles. The Labute approximate surface area is 112 Å². The van der Waals surface area contributed by atoms with Crippen molar-refractivity contribution in [2.24, 2.45) is 11.7 Å². The molecule has 0 saturated carbocycles. The van der Waals surface area contributed by atoms with Gasteiger partial charge < -0.3 is 15.6 Å². The minimum Gasteiger partial charge on any atom is -0.481 e. The van der Waals surface area contributed by atoms with Crippen LogP contribution in [0.5, 0.6) is 0 Å². The lowest BCUT2D eigenvalue weighted by Gasteiger charge is -2.18. The Morgan fingerprint density at radius 2 is 1.95 bits per heavy atom. The molecule has 0 aliphatic carbocycles. The van der Waals surface area contributed by atoms with Gasteiger partial charge >= 0.3 is 11.9 Å². The molecule has 2 atom stereocenters. The fourth-order valence-electron chi connectivity index (χ4n) is 1.83. The van der Waals surface area contributed by atoms with Gasteiger partial charge in [0, 0.05) is 0 Å². The van der Waals surface area contributed by atoms with E-state index in [2.05, 4.69) is 0 Å². The van der Waals surface area contributed by atoms with E-state index in [1.165, 1.54) is 0 Å². The predicted octanol–water partition coefficient (Wildman–Crippen LogP) is 1.21. The highest BCUT2D eigenvalue weighted by Crippen LogP contribution is 2.14. The first-order valence-electron chi connectivity index (χ1n) is 6.25. The molecule has 0 heterocycles. The molecule has 0 aromatic heterocycles. The van der Waals surface area contributed by atoms with Crippen molar-refractivity contribution in [3.8, 4) is 0 Å². The summed E-state index contributed by atoms with van der Waals surface area (Å²) in [4.78, 5) is 22.7. The van der Waals surface area contributed by atoms with Crippen molar-refractivity contribution in [2.75, 3.05) is 6.61 Å². The second-order valence-corrected chi connectivity index (χ2v) is 4.25. The number of nitrogens with two attached hydrogens (primary N) is 1. The van der Waals surface area contributed by atoms with Crippen LogP contribution in [0.4, 0.5) is 0 Å². The highest BCUT2D eigenvalue weighted by molar-refractivity contribution is 5.83. The topological polar surface area (TPSA) is 89.6 Å². The van der Waals surface area contributed by atoms with Crippen molar-refractivity contribution in [3.63, 3.8) is 0 Å². The number of carbonyl (C=O) groups is 2. The first kappa shape index (κ1) is 15.2. The summed E-state index contributed by atoms with van der Waals surface area (Å²) in [5.74, 6) is -2.67. The fraction of sp³-hybridized carbons (Fsp3) is 0.429. The molecule has 3 N–H and O–H groups in total. The normalized spacial score (nSPS) is 13.6. The van der Waals surface area contributed by atoms with Crippen LogP contribution in [0.2, 0.25) is 0 Å². The molecule has 0 amide bonds. The molecule has 19 heavy (non-hydrogen) atoms. The van der Waals surface area contributed by atoms with Crippen molar-refractivity contribution in [1.82, 2.24) is 0 Å². The molecular weight excluding hydrogens is 246 g/mol. The molecule has 5 nitrogen and oxygen atoms in total. The van der Waals surface area contributed by atoms with Crippen LogP contribution in [-0.2, 0) is 20.7 Å².